The van der Waals surface area contributed by atoms with Crippen LogP contribution in [-0.2, 0) is 13.0 Å². The number of aromatic nitrogens is 2. The van der Waals surface area contributed by atoms with Crippen LogP contribution in [0.25, 0.3) is 0 Å². The molecule has 21 heavy (non-hydrogen) atoms. The number of hydrogen-bond acceptors (Lipinski definition) is 3. The van der Waals surface area contributed by atoms with Gasteiger partial charge in [0.2, 0.25) is 0 Å². The van der Waals surface area contributed by atoms with Crippen molar-refractivity contribution in [2.24, 2.45) is 5.73 Å². The topological polar surface area (TPSA) is 53.1 Å². The predicted molar refractivity (Wildman–Crippen MR) is 80.7 cm³/mol. The minimum Gasteiger partial charge on any atom is -0.484 e. The third kappa shape index (κ3) is 4.29. The van der Waals surface area contributed by atoms with Crippen LogP contribution in [0.1, 0.15) is 38.1 Å². The molecule has 4 nitrogen and oxygen atoms in total. The minimum absolute atomic E-state index is 0.0103. The van der Waals surface area contributed by atoms with E-state index in [4.69, 9.17) is 10.5 Å². The lowest BCUT2D eigenvalue weighted by molar-refractivity contribution is 0.283. The maximum atomic E-state index is 13.9. The second-order valence-corrected chi connectivity index (χ2v) is 5.62. The standard InChI is InChI=1S/C16H22FN3O/c1-11(2)20-7-6-14(19-20)10-21-16-5-4-13(8-12(3)18)9-15(16)17/h4-7,9,11-12H,8,10,18H2,1-3H3. The molecule has 0 aliphatic rings. The molecular weight excluding hydrogens is 269 g/mol. The summed E-state index contributed by atoms with van der Waals surface area (Å²) in [4.78, 5) is 0. The summed E-state index contributed by atoms with van der Waals surface area (Å²) in [6.45, 7) is 6.25. The molecular formula is C16H22FN3O. The fraction of sp³-hybridized carbons (Fsp3) is 0.438. The van der Waals surface area contributed by atoms with Gasteiger partial charge in [-0.1, -0.05) is 6.07 Å². The van der Waals surface area contributed by atoms with Gasteiger partial charge >= 0.3 is 0 Å². The van der Waals surface area contributed by atoms with E-state index in [1.165, 1.54) is 6.07 Å². The van der Waals surface area contributed by atoms with Crippen LogP contribution in [0.5, 0.6) is 5.75 Å². The van der Waals surface area contributed by atoms with Crippen molar-refractivity contribution in [3.63, 3.8) is 0 Å². The Bertz CT molecular complexity index is 593. The van der Waals surface area contributed by atoms with Crippen molar-refractivity contribution in [2.75, 3.05) is 0 Å². The van der Waals surface area contributed by atoms with E-state index in [-0.39, 0.29) is 24.2 Å². The van der Waals surface area contributed by atoms with E-state index in [9.17, 15) is 4.39 Å². The van der Waals surface area contributed by atoms with E-state index in [1.807, 2.05) is 29.9 Å². The van der Waals surface area contributed by atoms with Gasteiger partial charge in [0.15, 0.2) is 11.6 Å². The molecule has 2 aromatic rings. The van der Waals surface area contributed by atoms with Gasteiger partial charge in [-0.25, -0.2) is 4.39 Å². The Labute approximate surface area is 124 Å². The number of rotatable bonds is 6. The molecule has 1 unspecified atom stereocenters. The molecule has 0 spiro atoms. The number of nitrogens with zero attached hydrogens (tertiary/aromatic N) is 2. The van der Waals surface area contributed by atoms with Gasteiger partial charge in [0.25, 0.3) is 0 Å². The Kier molecular flexibility index (Phi) is 4.96. The van der Waals surface area contributed by atoms with Gasteiger partial charge in [0.05, 0.1) is 5.69 Å². The van der Waals surface area contributed by atoms with Crippen LogP contribution in [0, 0.1) is 5.82 Å². The van der Waals surface area contributed by atoms with Crippen molar-refractivity contribution in [3.8, 4) is 5.75 Å². The first-order valence-electron chi connectivity index (χ1n) is 7.16. The van der Waals surface area contributed by atoms with Crippen molar-refractivity contribution in [3.05, 3.63) is 47.5 Å². The fourth-order valence-corrected chi connectivity index (χ4v) is 2.05. The first kappa shape index (κ1) is 15.5. The SMILES string of the molecule is CC(N)Cc1ccc(OCc2ccn(C(C)C)n2)c(F)c1. The van der Waals surface area contributed by atoms with Gasteiger partial charge in [-0.2, -0.15) is 5.10 Å². The fourth-order valence-electron chi connectivity index (χ4n) is 2.05. The van der Waals surface area contributed by atoms with Crippen molar-refractivity contribution >= 4 is 0 Å². The highest BCUT2D eigenvalue weighted by molar-refractivity contribution is 5.30. The summed E-state index contributed by atoms with van der Waals surface area (Å²) in [6, 6.07) is 7.15. The Morgan fingerprint density at radius 1 is 1.29 bits per heavy atom. The molecule has 5 heteroatoms. The van der Waals surface area contributed by atoms with E-state index in [1.54, 1.807) is 6.07 Å². The Balaban J connectivity index is 1.99. The molecule has 114 valence electrons. The van der Waals surface area contributed by atoms with E-state index in [0.717, 1.165) is 11.3 Å². The molecule has 0 fully saturated rings. The van der Waals surface area contributed by atoms with Crippen molar-refractivity contribution in [2.45, 2.75) is 45.9 Å². The minimum atomic E-state index is -0.364. The zero-order valence-corrected chi connectivity index (χ0v) is 12.7. The highest BCUT2D eigenvalue weighted by Gasteiger charge is 2.08. The summed E-state index contributed by atoms with van der Waals surface area (Å²) < 4.78 is 21.3. The van der Waals surface area contributed by atoms with Crippen LogP contribution >= 0.6 is 0 Å². The first-order chi connectivity index (χ1) is 9.95. The van der Waals surface area contributed by atoms with Crippen molar-refractivity contribution < 1.29 is 9.13 Å². The van der Waals surface area contributed by atoms with Gasteiger partial charge < -0.3 is 10.5 Å². The van der Waals surface area contributed by atoms with Crippen LogP contribution in [0.4, 0.5) is 4.39 Å². The van der Waals surface area contributed by atoms with Gasteiger partial charge in [-0.05, 0) is 51.0 Å². The summed E-state index contributed by atoms with van der Waals surface area (Å²) in [6.07, 6.45) is 2.54. The summed E-state index contributed by atoms with van der Waals surface area (Å²) in [7, 11) is 0. The lowest BCUT2D eigenvalue weighted by Gasteiger charge is -2.09. The molecule has 1 aromatic heterocycles. The van der Waals surface area contributed by atoms with Crippen LogP contribution in [0.15, 0.2) is 30.5 Å². The second-order valence-electron chi connectivity index (χ2n) is 5.62. The van der Waals surface area contributed by atoms with E-state index in [0.29, 0.717) is 12.5 Å². The third-order valence-electron chi connectivity index (χ3n) is 3.12. The molecule has 1 heterocycles. The molecule has 0 saturated heterocycles. The average Bonchev–Trinajstić information content (AvgIpc) is 2.86. The van der Waals surface area contributed by atoms with Gasteiger partial charge in [-0.15, -0.1) is 0 Å². The lowest BCUT2D eigenvalue weighted by Crippen LogP contribution is -2.17. The highest BCUT2D eigenvalue weighted by atomic mass is 19.1. The Morgan fingerprint density at radius 2 is 2.05 bits per heavy atom. The maximum Gasteiger partial charge on any atom is 0.165 e. The highest BCUT2D eigenvalue weighted by Crippen LogP contribution is 2.20. The normalized spacial score (nSPS) is 12.7. The number of nitrogens with two attached hydrogens (primary N) is 1. The Morgan fingerprint density at radius 3 is 2.62 bits per heavy atom. The van der Waals surface area contributed by atoms with E-state index in [2.05, 4.69) is 18.9 Å². The molecule has 1 atom stereocenters. The largest absolute Gasteiger partial charge is 0.484 e. The smallest absolute Gasteiger partial charge is 0.165 e. The molecule has 1 aromatic carbocycles. The molecule has 2 N–H and O–H groups in total. The number of hydrogen-bond donors (Lipinski definition) is 1. The molecule has 0 radical (unpaired) electrons. The maximum absolute atomic E-state index is 13.9. The van der Waals surface area contributed by atoms with E-state index < -0.39 is 0 Å². The summed E-state index contributed by atoms with van der Waals surface area (Å²) in [5.41, 5.74) is 7.36. The molecule has 0 bridgehead atoms. The summed E-state index contributed by atoms with van der Waals surface area (Å²) in [5.74, 6) is -0.126. The quantitative estimate of drug-likeness (QED) is 0.890. The number of benzene rings is 1. The lowest BCUT2D eigenvalue weighted by atomic mass is 10.1. The average molecular weight is 291 g/mol. The van der Waals surface area contributed by atoms with Crippen molar-refractivity contribution in [1.29, 1.82) is 0 Å². The van der Waals surface area contributed by atoms with Crippen LogP contribution < -0.4 is 10.5 Å². The summed E-state index contributed by atoms with van der Waals surface area (Å²) >= 11 is 0. The first-order valence-corrected chi connectivity index (χ1v) is 7.16. The molecule has 2 rings (SSSR count). The molecule has 0 saturated carbocycles. The monoisotopic (exact) mass is 291 g/mol. The van der Waals surface area contributed by atoms with Gasteiger partial charge in [0.1, 0.15) is 6.61 Å². The molecule has 0 aliphatic heterocycles. The van der Waals surface area contributed by atoms with Crippen LogP contribution in [0.3, 0.4) is 0 Å². The third-order valence-corrected chi connectivity index (χ3v) is 3.12. The van der Waals surface area contributed by atoms with Gasteiger partial charge in [-0.3, -0.25) is 4.68 Å². The van der Waals surface area contributed by atoms with Gasteiger partial charge in [0, 0.05) is 18.3 Å². The summed E-state index contributed by atoms with van der Waals surface area (Å²) in [5, 5.41) is 4.36. The second kappa shape index (κ2) is 6.72. The van der Waals surface area contributed by atoms with E-state index >= 15 is 0 Å². The zero-order chi connectivity index (χ0) is 15.4. The Hall–Kier alpha value is -1.88. The number of ether oxygens (including phenoxy) is 1. The van der Waals surface area contributed by atoms with Crippen molar-refractivity contribution in [1.82, 2.24) is 9.78 Å². The zero-order valence-electron chi connectivity index (χ0n) is 12.7. The number of halogens is 1. The van der Waals surface area contributed by atoms with Crippen LogP contribution in [0.2, 0.25) is 0 Å². The molecule has 0 amide bonds. The van der Waals surface area contributed by atoms with Crippen LogP contribution in [-0.4, -0.2) is 15.8 Å². The molecule has 0 aliphatic carbocycles. The predicted octanol–water partition coefficient (Wildman–Crippen LogP) is 3.07.